The number of amides is 3. The highest BCUT2D eigenvalue weighted by atomic mass is 16.5. The number of hydrogen-bond donors (Lipinski definition) is 1. The third kappa shape index (κ3) is 3.35. The number of urea groups is 1. The molecule has 1 N–H and O–H groups in total. The van der Waals surface area contributed by atoms with Crippen LogP contribution in [0.4, 0.5) is 10.5 Å². The van der Waals surface area contributed by atoms with Crippen molar-refractivity contribution in [2.45, 2.75) is 32.2 Å². The Hall–Kier alpha value is -2.08. The molecule has 0 spiro atoms. The van der Waals surface area contributed by atoms with Crippen LogP contribution < -0.4 is 10.2 Å². The highest BCUT2D eigenvalue weighted by molar-refractivity contribution is 5.98. The summed E-state index contributed by atoms with van der Waals surface area (Å²) in [4.78, 5) is 28.7. The molecule has 2 heterocycles. The van der Waals surface area contributed by atoms with Gasteiger partial charge in [-0.3, -0.25) is 9.69 Å². The molecule has 4 rings (SSSR count). The Bertz CT molecular complexity index is 680. The summed E-state index contributed by atoms with van der Waals surface area (Å²) in [5.41, 5.74) is 2.56. The molecule has 3 fully saturated rings. The van der Waals surface area contributed by atoms with Gasteiger partial charge in [-0.25, -0.2) is 4.79 Å². The predicted octanol–water partition coefficient (Wildman–Crippen LogP) is 2.17. The van der Waals surface area contributed by atoms with E-state index >= 15 is 0 Å². The summed E-state index contributed by atoms with van der Waals surface area (Å²) in [5, 5.41) is 2.81. The highest BCUT2D eigenvalue weighted by Gasteiger charge is 2.35. The standard InChI is InChI=1S/C19H25N3O3/c1-13-10-15(2-5-17(13)21-8-7-20-19(21)24)18(23)22(16-3-4-16)11-14-6-9-25-12-14/h2,5,10,14,16H,3-4,6-9,11-12H2,1H3,(H,20,24). The van der Waals surface area contributed by atoms with E-state index in [9.17, 15) is 9.59 Å². The Kier molecular flexibility index (Phi) is 4.37. The van der Waals surface area contributed by atoms with E-state index in [1.54, 1.807) is 4.90 Å². The number of anilines is 1. The van der Waals surface area contributed by atoms with Crippen LogP contribution in [-0.2, 0) is 4.74 Å². The maximum absolute atomic E-state index is 13.1. The van der Waals surface area contributed by atoms with Crippen molar-refractivity contribution in [2.24, 2.45) is 5.92 Å². The van der Waals surface area contributed by atoms with Gasteiger partial charge in [-0.05, 0) is 49.9 Å². The van der Waals surface area contributed by atoms with Crippen molar-refractivity contribution in [3.63, 3.8) is 0 Å². The summed E-state index contributed by atoms with van der Waals surface area (Å²) in [6.45, 7) is 5.66. The van der Waals surface area contributed by atoms with E-state index in [0.717, 1.165) is 50.3 Å². The molecule has 134 valence electrons. The molecular formula is C19H25N3O3. The van der Waals surface area contributed by atoms with Gasteiger partial charge in [0, 0.05) is 49.5 Å². The fourth-order valence-corrected chi connectivity index (χ4v) is 3.75. The molecule has 25 heavy (non-hydrogen) atoms. The molecule has 2 saturated heterocycles. The van der Waals surface area contributed by atoms with Crippen LogP contribution in [0.25, 0.3) is 0 Å². The van der Waals surface area contributed by atoms with E-state index in [1.165, 1.54) is 0 Å². The predicted molar refractivity (Wildman–Crippen MR) is 94.9 cm³/mol. The molecule has 1 aliphatic carbocycles. The summed E-state index contributed by atoms with van der Waals surface area (Å²) in [7, 11) is 0. The number of carbonyl (C=O) groups excluding carboxylic acids is 2. The Morgan fingerprint density at radius 2 is 2.20 bits per heavy atom. The number of hydrogen-bond acceptors (Lipinski definition) is 3. The molecular weight excluding hydrogens is 318 g/mol. The van der Waals surface area contributed by atoms with Crippen LogP contribution in [0.15, 0.2) is 18.2 Å². The summed E-state index contributed by atoms with van der Waals surface area (Å²) in [6, 6.07) is 6.00. The third-order valence-corrected chi connectivity index (χ3v) is 5.32. The Labute approximate surface area is 148 Å². The van der Waals surface area contributed by atoms with Crippen LogP contribution in [0.2, 0.25) is 0 Å². The van der Waals surface area contributed by atoms with E-state index in [4.69, 9.17) is 4.74 Å². The first kappa shape index (κ1) is 16.4. The Morgan fingerprint density at radius 3 is 2.80 bits per heavy atom. The monoisotopic (exact) mass is 343 g/mol. The maximum Gasteiger partial charge on any atom is 0.322 e. The first-order chi connectivity index (χ1) is 12.1. The lowest BCUT2D eigenvalue weighted by Gasteiger charge is -2.26. The molecule has 2 aliphatic heterocycles. The fourth-order valence-electron chi connectivity index (χ4n) is 3.75. The van der Waals surface area contributed by atoms with Crippen molar-refractivity contribution in [2.75, 3.05) is 37.7 Å². The summed E-state index contributed by atoms with van der Waals surface area (Å²) in [6.07, 6.45) is 3.24. The van der Waals surface area contributed by atoms with E-state index in [2.05, 4.69) is 5.32 Å². The van der Waals surface area contributed by atoms with Crippen LogP contribution in [0, 0.1) is 12.8 Å². The molecule has 0 bridgehead atoms. The topological polar surface area (TPSA) is 61.9 Å². The summed E-state index contributed by atoms with van der Waals surface area (Å²) < 4.78 is 5.46. The average molecular weight is 343 g/mol. The minimum Gasteiger partial charge on any atom is -0.381 e. The summed E-state index contributed by atoms with van der Waals surface area (Å²) in [5.74, 6) is 0.563. The van der Waals surface area contributed by atoms with Crippen molar-refractivity contribution in [1.82, 2.24) is 10.2 Å². The lowest BCUT2D eigenvalue weighted by atomic mass is 10.1. The lowest BCUT2D eigenvalue weighted by Crippen LogP contribution is -2.37. The third-order valence-electron chi connectivity index (χ3n) is 5.32. The molecule has 0 radical (unpaired) electrons. The van der Waals surface area contributed by atoms with Crippen LogP contribution in [0.1, 0.15) is 35.2 Å². The first-order valence-corrected chi connectivity index (χ1v) is 9.18. The molecule has 1 atom stereocenters. The van der Waals surface area contributed by atoms with Gasteiger partial charge in [0.05, 0.1) is 6.61 Å². The average Bonchev–Trinajstić information content (AvgIpc) is 3.14. The SMILES string of the molecule is Cc1cc(C(=O)N(CC2CCOC2)C2CC2)ccc1N1CCNC1=O. The van der Waals surface area contributed by atoms with Gasteiger partial charge in [0.1, 0.15) is 0 Å². The Morgan fingerprint density at radius 1 is 1.36 bits per heavy atom. The molecule has 3 amide bonds. The van der Waals surface area contributed by atoms with E-state index in [1.807, 2.05) is 30.0 Å². The van der Waals surface area contributed by atoms with Gasteiger partial charge in [0.2, 0.25) is 0 Å². The van der Waals surface area contributed by atoms with E-state index in [-0.39, 0.29) is 11.9 Å². The summed E-state index contributed by atoms with van der Waals surface area (Å²) >= 11 is 0. The van der Waals surface area contributed by atoms with Crippen LogP contribution >= 0.6 is 0 Å². The highest BCUT2D eigenvalue weighted by Crippen LogP contribution is 2.31. The zero-order chi connectivity index (χ0) is 17.4. The van der Waals surface area contributed by atoms with Crippen LogP contribution in [0.3, 0.4) is 0 Å². The van der Waals surface area contributed by atoms with E-state index < -0.39 is 0 Å². The van der Waals surface area contributed by atoms with Crippen molar-refractivity contribution >= 4 is 17.6 Å². The molecule has 1 unspecified atom stereocenters. The molecule has 6 heteroatoms. The maximum atomic E-state index is 13.1. The first-order valence-electron chi connectivity index (χ1n) is 9.18. The van der Waals surface area contributed by atoms with Crippen LogP contribution in [0.5, 0.6) is 0 Å². The van der Waals surface area contributed by atoms with Crippen molar-refractivity contribution in [3.05, 3.63) is 29.3 Å². The minimum absolute atomic E-state index is 0.0667. The van der Waals surface area contributed by atoms with Crippen molar-refractivity contribution < 1.29 is 14.3 Å². The number of rotatable bonds is 5. The van der Waals surface area contributed by atoms with Crippen molar-refractivity contribution in [3.8, 4) is 0 Å². The fraction of sp³-hybridized carbons (Fsp3) is 0.579. The molecule has 1 saturated carbocycles. The second kappa shape index (κ2) is 6.67. The smallest absolute Gasteiger partial charge is 0.322 e. The van der Waals surface area contributed by atoms with Crippen molar-refractivity contribution in [1.29, 1.82) is 0 Å². The quantitative estimate of drug-likeness (QED) is 0.891. The molecule has 0 aromatic heterocycles. The largest absolute Gasteiger partial charge is 0.381 e. The zero-order valence-electron chi connectivity index (χ0n) is 14.7. The van der Waals surface area contributed by atoms with Gasteiger partial charge in [-0.1, -0.05) is 0 Å². The number of carbonyl (C=O) groups is 2. The second-order valence-electron chi connectivity index (χ2n) is 7.30. The van der Waals surface area contributed by atoms with E-state index in [0.29, 0.717) is 30.6 Å². The van der Waals surface area contributed by atoms with Gasteiger partial charge in [-0.15, -0.1) is 0 Å². The van der Waals surface area contributed by atoms with Crippen LogP contribution in [-0.4, -0.2) is 55.7 Å². The second-order valence-corrected chi connectivity index (χ2v) is 7.30. The number of ether oxygens (including phenoxy) is 1. The molecule has 1 aromatic carbocycles. The van der Waals surface area contributed by atoms with Gasteiger partial charge >= 0.3 is 6.03 Å². The molecule has 3 aliphatic rings. The van der Waals surface area contributed by atoms with Gasteiger partial charge in [0.15, 0.2) is 0 Å². The van der Waals surface area contributed by atoms with Gasteiger partial charge in [0.25, 0.3) is 5.91 Å². The number of nitrogens with one attached hydrogen (secondary N) is 1. The molecule has 6 nitrogen and oxygen atoms in total. The minimum atomic E-state index is -0.0667. The Balaban J connectivity index is 1.52. The number of benzene rings is 1. The van der Waals surface area contributed by atoms with Gasteiger partial charge in [-0.2, -0.15) is 0 Å². The van der Waals surface area contributed by atoms with Gasteiger partial charge < -0.3 is 15.0 Å². The molecule has 1 aromatic rings. The lowest BCUT2D eigenvalue weighted by molar-refractivity contribution is 0.0706. The number of aryl methyl sites for hydroxylation is 1. The zero-order valence-corrected chi connectivity index (χ0v) is 14.7. The normalized spacial score (nSPS) is 23.0. The number of nitrogens with zero attached hydrogens (tertiary/aromatic N) is 2.